The standard InChI is InChI=1S/C32H38N4O6S2/c1-19-23(34-17-43-19)15-33-30(40)28-32(2,3)44-18-36(28)31(41)24(37)14-21(13-20-9-5-4-6-10-20)29(39)35-27-22-11-7-8-12-26(22)42-16-25(27)38/h4-12,17,21,24-25,27-28,37-38H,13-16,18H2,1-3H3,(H,33,40)(H,35,39)/t21-,24-,25+,27-,28+/m0/s1. The van der Waals surface area contributed by atoms with Crippen LogP contribution in [-0.2, 0) is 27.3 Å². The SMILES string of the molecule is Cc1scnc1CNC(=O)[C@H]1N(C(=O)[C@@H](O)C[C@H](Cc2ccccc2)C(=O)N[C@H]2c3ccccc3OC[C@H]2O)CSC1(C)C. The third-order valence-corrected chi connectivity index (χ3v) is 10.4. The van der Waals surface area contributed by atoms with Gasteiger partial charge in [0.1, 0.15) is 30.6 Å². The second-order valence-electron chi connectivity index (χ2n) is 11.7. The summed E-state index contributed by atoms with van der Waals surface area (Å²) in [6.07, 6.45) is -2.37. The number of aromatic nitrogens is 1. The summed E-state index contributed by atoms with van der Waals surface area (Å²) in [4.78, 5) is 47.6. The molecule has 234 valence electrons. The van der Waals surface area contributed by atoms with Gasteiger partial charge in [-0.05, 0) is 45.2 Å². The number of aryl methyl sites for hydroxylation is 1. The topological polar surface area (TPSA) is 141 Å². The van der Waals surface area contributed by atoms with Gasteiger partial charge in [-0.3, -0.25) is 14.4 Å². The fourth-order valence-electron chi connectivity index (χ4n) is 5.71. The molecule has 0 aliphatic carbocycles. The smallest absolute Gasteiger partial charge is 0.252 e. The minimum absolute atomic E-state index is 0.0281. The number of thiazole rings is 1. The largest absolute Gasteiger partial charge is 0.490 e. The van der Waals surface area contributed by atoms with Crippen LogP contribution in [0.3, 0.4) is 0 Å². The van der Waals surface area contributed by atoms with Crippen molar-refractivity contribution in [3.8, 4) is 5.75 Å². The lowest BCUT2D eigenvalue weighted by atomic mass is 9.90. The van der Waals surface area contributed by atoms with Crippen LogP contribution in [0.25, 0.3) is 0 Å². The molecular formula is C32H38N4O6S2. The lowest BCUT2D eigenvalue weighted by molar-refractivity contribution is -0.147. The first-order valence-electron chi connectivity index (χ1n) is 14.6. The van der Waals surface area contributed by atoms with Gasteiger partial charge in [-0.25, -0.2) is 4.98 Å². The summed E-state index contributed by atoms with van der Waals surface area (Å²) in [6.45, 7) is 6.01. The molecule has 2 aliphatic heterocycles. The fourth-order valence-corrected chi connectivity index (χ4v) is 7.45. The highest BCUT2D eigenvalue weighted by molar-refractivity contribution is 8.00. The second-order valence-corrected chi connectivity index (χ2v) is 14.4. The van der Waals surface area contributed by atoms with Crippen molar-refractivity contribution in [2.75, 3.05) is 12.5 Å². The molecule has 1 fully saturated rings. The zero-order valence-electron chi connectivity index (χ0n) is 24.9. The highest BCUT2D eigenvalue weighted by atomic mass is 32.2. The minimum atomic E-state index is -1.52. The number of hydrogen-bond donors (Lipinski definition) is 4. The molecule has 44 heavy (non-hydrogen) atoms. The van der Waals surface area contributed by atoms with Crippen molar-refractivity contribution >= 4 is 40.8 Å². The summed E-state index contributed by atoms with van der Waals surface area (Å²) >= 11 is 2.96. The number of carbonyl (C=O) groups is 3. The van der Waals surface area contributed by atoms with Crippen LogP contribution in [-0.4, -0.2) is 73.3 Å². The first kappa shape index (κ1) is 32.0. The van der Waals surface area contributed by atoms with Gasteiger partial charge in [0, 0.05) is 21.1 Å². The van der Waals surface area contributed by atoms with E-state index in [0.29, 0.717) is 11.3 Å². The van der Waals surface area contributed by atoms with Gasteiger partial charge in [-0.2, -0.15) is 0 Å². The second kappa shape index (κ2) is 13.7. The molecule has 3 aromatic rings. The van der Waals surface area contributed by atoms with Crippen molar-refractivity contribution in [1.82, 2.24) is 20.5 Å². The Morgan fingerprint density at radius 2 is 1.86 bits per heavy atom. The summed E-state index contributed by atoms with van der Waals surface area (Å²) in [5, 5.41) is 27.9. The van der Waals surface area contributed by atoms with E-state index in [4.69, 9.17) is 4.74 Å². The maximum absolute atomic E-state index is 13.8. The van der Waals surface area contributed by atoms with Crippen LogP contribution < -0.4 is 15.4 Å². The van der Waals surface area contributed by atoms with E-state index in [-0.39, 0.29) is 37.8 Å². The van der Waals surface area contributed by atoms with E-state index in [9.17, 15) is 24.6 Å². The number of benzene rings is 2. The van der Waals surface area contributed by atoms with Crippen molar-refractivity contribution in [3.05, 3.63) is 81.8 Å². The van der Waals surface area contributed by atoms with Crippen molar-refractivity contribution in [3.63, 3.8) is 0 Å². The minimum Gasteiger partial charge on any atom is -0.490 e. The number of amides is 3. The number of thioether (sulfide) groups is 1. The van der Waals surface area contributed by atoms with Crippen molar-refractivity contribution < 1.29 is 29.3 Å². The van der Waals surface area contributed by atoms with Gasteiger partial charge < -0.3 is 30.5 Å². The normalized spacial score (nSPS) is 21.9. The average Bonchev–Trinajstić information content (AvgIpc) is 3.57. The van der Waals surface area contributed by atoms with Crippen molar-refractivity contribution in [2.24, 2.45) is 5.92 Å². The maximum atomic E-state index is 13.8. The number of para-hydroxylation sites is 1. The number of aliphatic hydroxyl groups is 2. The number of carbonyl (C=O) groups excluding carboxylic acids is 3. The predicted octanol–water partition coefficient (Wildman–Crippen LogP) is 2.97. The summed E-state index contributed by atoms with van der Waals surface area (Å²) in [5.74, 6) is -1.29. The molecule has 2 aliphatic rings. The van der Waals surface area contributed by atoms with E-state index >= 15 is 0 Å². The molecule has 0 spiro atoms. The van der Waals surface area contributed by atoms with E-state index in [1.54, 1.807) is 17.6 Å². The number of nitrogens with zero attached hydrogens (tertiary/aromatic N) is 2. The first-order valence-corrected chi connectivity index (χ1v) is 16.4. The molecule has 0 bridgehead atoms. The molecule has 0 radical (unpaired) electrons. The van der Waals surface area contributed by atoms with Crippen LogP contribution in [0.2, 0.25) is 0 Å². The summed E-state index contributed by atoms with van der Waals surface area (Å²) in [5.41, 5.74) is 4.03. The van der Waals surface area contributed by atoms with Gasteiger partial charge in [-0.1, -0.05) is 48.5 Å². The maximum Gasteiger partial charge on any atom is 0.252 e. The predicted molar refractivity (Wildman–Crippen MR) is 169 cm³/mol. The molecular weight excluding hydrogens is 601 g/mol. The third-order valence-electron chi connectivity index (χ3n) is 8.19. The molecule has 1 aromatic heterocycles. The number of nitrogens with one attached hydrogen (secondary N) is 2. The Morgan fingerprint density at radius 3 is 2.59 bits per heavy atom. The highest BCUT2D eigenvalue weighted by Crippen LogP contribution is 2.40. The average molecular weight is 639 g/mol. The molecule has 4 N–H and O–H groups in total. The monoisotopic (exact) mass is 638 g/mol. The van der Waals surface area contributed by atoms with Crippen molar-refractivity contribution in [1.29, 1.82) is 0 Å². The zero-order valence-corrected chi connectivity index (χ0v) is 26.6. The molecule has 0 unspecified atom stereocenters. The summed E-state index contributed by atoms with van der Waals surface area (Å²) in [6, 6.07) is 15.1. The summed E-state index contributed by atoms with van der Waals surface area (Å²) in [7, 11) is 0. The fraction of sp³-hybridized carbons (Fsp3) is 0.438. The van der Waals surface area contributed by atoms with Crippen LogP contribution in [0.5, 0.6) is 5.75 Å². The first-order chi connectivity index (χ1) is 21.0. The van der Waals surface area contributed by atoms with E-state index in [2.05, 4.69) is 15.6 Å². The lowest BCUT2D eigenvalue weighted by Crippen LogP contribution is -2.55. The quantitative estimate of drug-likeness (QED) is 0.266. The molecule has 1 saturated heterocycles. The Morgan fingerprint density at radius 1 is 1.14 bits per heavy atom. The molecule has 10 nitrogen and oxygen atoms in total. The molecule has 0 saturated carbocycles. The van der Waals surface area contributed by atoms with Crippen molar-refractivity contribution in [2.45, 2.75) is 69.2 Å². The Labute approximate surface area is 265 Å². The number of aliphatic hydroxyl groups excluding tert-OH is 2. The Kier molecular flexibility index (Phi) is 9.94. The Balaban J connectivity index is 1.32. The molecule has 3 amide bonds. The van der Waals surface area contributed by atoms with Gasteiger partial charge in [-0.15, -0.1) is 23.1 Å². The van der Waals surface area contributed by atoms with Crippen LogP contribution in [0.1, 0.15) is 48.0 Å². The van der Waals surface area contributed by atoms with Gasteiger partial charge in [0.15, 0.2) is 0 Å². The van der Waals surface area contributed by atoms with Crippen LogP contribution in [0.4, 0.5) is 0 Å². The van der Waals surface area contributed by atoms with Gasteiger partial charge in [0.25, 0.3) is 5.91 Å². The summed E-state index contributed by atoms with van der Waals surface area (Å²) < 4.78 is 5.02. The van der Waals surface area contributed by atoms with Gasteiger partial charge in [0.2, 0.25) is 11.8 Å². The molecule has 5 atom stereocenters. The van der Waals surface area contributed by atoms with E-state index in [1.165, 1.54) is 28.0 Å². The van der Waals surface area contributed by atoms with Crippen LogP contribution >= 0.6 is 23.1 Å². The number of rotatable bonds is 10. The number of ether oxygens (including phenoxy) is 1. The molecule has 12 heteroatoms. The molecule has 5 rings (SSSR count). The Hall–Kier alpha value is -3.45. The molecule has 3 heterocycles. The number of fused-ring (bicyclic) bond motifs is 1. The van der Waals surface area contributed by atoms with E-state index in [0.717, 1.165) is 16.1 Å². The van der Waals surface area contributed by atoms with Crippen LogP contribution in [0, 0.1) is 12.8 Å². The third kappa shape index (κ3) is 7.09. The van der Waals surface area contributed by atoms with E-state index in [1.807, 2.05) is 63.2 Å². The molecule has 2 aromatic carbocycles. The lowest BCUT2D eigenvalue weighted by Gasteiger charge is -2.33. The Bertz CT molecular complexity index is 1480. The zero-order chi connectivity index (χ0) is 31.4. The highest BCUT2D eigenvalue weighted by Gasteiger charge is 2.49. The van der Waals surface area contributed by atoms with Gasteiger partial charge >= 0.3 is 0 Å². The van der Waals surface area contributed by atoms with Gasteiger partial charge in [0.05, 0.1) is 29.7 Å². The number of hydrogen-bond acceptors (Lipinski definition) is 9. The van der Waals surface area contributed by atoms with E-state index < -0.39 is 46.8 Å². The van der Waals surface area contributed by atoms with Crippen LogP contribution in [0.15, 0.2) is 60.1 Å².